The van der Waals surface area contributed by atoms with Gasteiger partial charge in [0.2, 0.25) is 0 Å². The first-order chi connectivity index (χ1) is 36.2. The van der Waals surface area contributed by atoms with Gasteiger partial charge in [0.15, 0.2) is 0 Å². The predicted octanol–water partition coefficient (Wildman–Crippen LogP) is 11.8. The highest BCUT2D eigenvalue weighted by Crippen LogP contribution is 2.38. The van der Waals surface area contributed by atoms with Crippen LogP contribution < -0.4 is 15.4 Å². The van der Waals surface area contributed by atoms with E-state index in [9.17, 15) is 24.3 Å². The number of hydrogen-bond donors (Lipinski definition) is 3. The number of ether oxygens (including phenoxy) is 3. The zero-order valence-electron chi connectivity index (χ0n) is 44.3. The highest BCUT2D eigenvalue weighted by molar-refractivity contribution is 8.00. The number of imidazole rings is 2. The average Bonchev–Trinajstić information content (AvgIpc) is 4.15. The van der Waals surface area contributed by atoms with Gasteiger partial charge in [-0.1, -0.05) is 85.1 Å². The van der Waals surface area contributed by atoms with Gasteiger partial charge in [0.25, 0.3) is 0 Å². The van der Waals surface area contributed by atoms with Crippen LogP contribution in [0.15, 0.2) is 97.1 Å². The standard InChI is InChI=1S/C35H44N4O5S.C25H30N2O3/c1-21(2)25-17-12-22(3)18-29(25)44-32(41)19-39-28-9-5-4-8-26(28)36-34(39)23-13-15-24(16-14-23)43-31(40)11-7-6-10-30-33-27(20-45-30)37-35(42)38-33;1-16(2)20-13-8-17(3)14-23(20)30-24(29)15-27-22-7-5-4-6-21(22)26-25(27)18-9-11-19(28)12-10-18/h4-5,8-9,13-16,21-22,25,27,29-30,33H,6-7,10-12,17-20H2,1-3H3,(H2,37,38,42);4-7,9-12,16-17,20,23,28H,8,13-15H2,1-3H3/t22-,25+,27+,29?,30?,33+;17-,20+,23?/m11/s1. The molecular weight excluding hydrogens is 965 g/mol. The van der Waals surface area contributed by atoms with E-state index in [1.807, 2.05) is 93.7 Å². The molecule has 9 atom stereocenters. The number of unbranched alkanes of at least 4 members (excludes halogenated alkanes) is 1. The minimum atomic E-state index is -0.262. The van der Waals surface area contributed by atoms with Crippen LogP contribution >= 0.6 is 11.8 Å². The van der Waals surface area contributed by atoms with Gasteiger partial charge < -0.3 is 39.1 Å². The molecule has 4 heterocycles. The van der Waals surface area contributed by atoms with Crippen molar-refractivity contribution in [2.45, 2.75) is 148 Å². The number of phenols is 1. The molecule has 2 amide bonds. The summed E-state index contributed by atoms with van der Waals surface area (Å²) >= 11 is 1.89. The third-order valence-electron chi connectivity index (χ3n) is 15.9. The zero-order valence-corrected chi connectivity index (χ0v) is 45.1. The number of aromatic hydroxyl groups is 1. The van der Waals surface area contributed by atoms with Gasteiger partial charge in [-0.2, -0.15) is 11.8 Å². The Hall–Kier alpha value is -6.35. The number of para-hydroxylation sites is 4. The van der Waals surface area contributed by atoms with E-state index < -0.39 is 0 Å². The van der Waals surface area contributed by atoms with Crippen molar-refractivity contribution >= 4 is 57.8 Å². The molecule has 2 aliphatic heterocycles. The Labute approximate surface area is 445 Å². The van der Waals surface area contributed by atoms with E-state index in [1.165, 1.54) is 12.8 Å². The summed E-state index contributed by atoms with van der Waals surface area (Å²) in [6, 6.07) is 30.1. The molecule has 0 spiro atoms. The lowest BCUT2D eigenvalue weighted by Crippen LogP contribution is -2.36. The predicted molar refractivity (Wildman–Crippen MR) is 294 cm³/mol. The van der Waals surface area contributed by atoms with Crippen molar-refractivity contribution in [2.75, 3.05) is 5.75 Å². The molecule has 4 fully saturated rings. The highest BCUT2D eigenvalue weighted by atomic mass is 32.2. The van der Waals surface area contributed by atoms with Crippen LogP contribution in [0.25, 0.3) is 44.8 Å². The number of nitrogens with one attached hydrogen (secondary N) is 2. The van der Waals surface area contributed by atoms with E-state index in [4.69, 9.17) is 24.2 Å². The number of nitrogens with zero attached hydrogens (tertiary/aromatic N) is 4. The number of fused-ring (bicyclic) bond motifs is 3. The number of amides is 2. The number of rotatable bonds is 16. The molecule has 3 unspecified atom stereocenters. The molecule has 10 rings (SSSR count). The van der Waals surface area contributed by atoms with Gasteiger partial charge in [-0.15, -0.1) is 0 Å². The van der Waals surface area contributed by atoms with E-state index in [2.05, 4.69) is 52.2 Å². The molecule has 6 aromatic rings. The van der Waals surface area contributed by atoms with Crippen molar-refractivity contribution in [1.29, 1.82) is 0 Å². The monoisotopic (exact) mass is 1040 g/mol. The number of aromatic nitrogens is 4. The molecule has 15 heteroatoms. The number of hydrogen-bond acceptors (Lipinski definition) is 11. The minimum Gasteiger partial charge on any atom is -0.508 e. The molecule has 4 aliphatic rings. The van der Waals surface area contributed by atoms with Gasteiger partial charge >= 0.3 is 23.9 Å². The SMILES string of the molecule is CC(C)[C@@H]1CC[C@@H](C)CC1OC(=O)Cn1c(-c2ccc(O)cc2)nc2ccccc21.CC(C)[C@@H]1CC[C@@H](C)CC1OC(=O)Cn1c(-c2ccc(OC(=O)CCCCC3SC[C@@H]4NC(=O)N[C@H]34)cc2)nc2ccccc21. The van der Waals surface area contributed by atoms with E-state index in [-0.39, 0.29) is 67.1 Å². The molecule has 2 saturated carbocycles. The van der Waals surface area contributed by atoms with Crippen molar-refractivity contribution in [1.82, 2.24) is 29.7 Å². The number of benzene rings is 4. The molecule has 4 aromatic carbocycles. The van der Waals surface area contributed by atoms with Crippen LogP contribution in [-0.2, 0) is 36.9 Å². The quantitative estimate of drug-likeness (QED) is 0.0364. The van der Waals surface area contributed by atoms with Crippen molar-refractivity contribution in [3.05, 3.63) is 97.1 Å². The summed E-state index contributed by atoms with van der Waals surface area (Å²) in [7, 11) is 0. The second-order valence-corrected chi connectivity index (χ2v) is 23.4. The molecule has 2 aromatic heterocycles. The van der Waals surface area contributed by atoms with Gasteiger partial charge in [-0.05, 0) is 147 Å². The van der Waals surface area contributed by atoms with Crippen LogP contribution in [0.4, 0.5) is 4.79 Å². The van der Waals surface area contributed by atoms with E-state index in [0.29, 0.717) is 64.6 Å². The fraction of sp³-hybridized carbons (Fsp3) is 0.500. The summed E-state index contributed by atoms with van der Waals surface area (Å²) in [6.07, 6.45) is 9.29. The number of carbonyl (C=O) groups is 4. The first kappa shape index (κ1) is 53.5. The first-order valence-electron chi connectivity index (χ1n) is 27.3. The van der Waals surface area contributed by atoms with Gasteiger partial charge in [0.1, 0.15) is 48.4 Å². The van der Waals surface area contributed by atoms with Crippen LogP contribution in [0, 0.1) is 35.5 Å². The molecular formula is C60H74N6O8S. The normalized spacial score (nSPS) is 24.3. The summed E-state index contributed by atoms with van der Waals surface area (Å²) in [5.74, 6) is 5.15. The van der Waals surface area contributed by atoms with Crippen LogP contribution in [-0.4, -0.2) is 83.4 Å². The number of urea groups is 1. The Morgan fingerprint density at radius 1 is 0.667 bits per heavy atom. The maximum Gasteiger partial charge on any atom is 0.326 e. The topological polar surface area (TPSA) is 176 Å². The van der Waals surface area contributed by atoms with Crippen LogP contribution in [0.2, 0.25) is 0 Å². The third-order valence-corrected chi connectivity index (χ3v) is 17.4. The fourth-order valence-corrected chi connectivity index (χ4v) is 13.3. The van der Waals surface area contributed by atoms with Crippen molar-refractivity contribution in [2.24, 2.45) is 35.5 Å². The summed E-state index contributed by atoms with van der Waals surface area (Å²) in [4.78, 5) is 60.1. The molecule has 0 radical (unpaired) electrons. The Morgan fingerprint density at radius 3 is 1.69 bits per heavy atom. The lowest BCUT2D eigenvalue weighted by atomic mass is 9.75. The Morgan fingerprint density at radius 2 is 1.17 bits per heavy atom. The maximum atomic E-state index is 13.4. The van der Waals surface area contributed by atoms with Crippen molar-refractivity contribution < 1.29 is 38.5 Å². The molecule has 398 valence electrons. The van der Waals surface area contributed by atoms with Gasteiger partial charge in [-0.25, -0.2) is 14.8 Å². The minimum absolute atomic E-state index is 0.0202. The number of esters is 3. The number of carbonyl (C=O) groups excluding carboxylic acids is 4. The number of thioether (sulfide) groups is 1. The highest BCUT2D eigenvalue weighted by Gasteiger charge is 2.42. The molecule has 3 N–H and O–H groups in total. The first-order valence-corrected chi connectivity index (χ1v) is 28.3. The Kier molecular flexibility index (Phi) is 17.2. The molecule has 75 heavy (non-hydrogen) atoms. The lowest BCUT2D eigenvalue weighted by Gasteiger charge is -2.36. The second kappa shape index (κ2) is 24.1. The van der Waals surface area contributed by atoms with E-state index in [1.54, 1.807) is 24.3 Å². The number of phenolic OH excluding ortho intramolecular Hbond substituents is 1. The second-order valence-electron chi connectivity index (χ2n) is 22.1. The van der Waals surface area contributed by atoms with Crippen molar-refractivity contribution in [3.8, 4) is 34.3 Å². The van der Waals surface area contributed by atoms with Crippen molar-refractivity contribution in [3.63, 3.8) is 0 Å². The van der Waals surface area contributed by atoms with Gasteiger partial charge in [-0.3, -0.25) is 14.4 Å². The molecule has 2 aliphatic carbocycles. The summed E-state index contributed by atoms with van der Waals surface area (Å²) in [6.45, 7) is 13.5. The largest absolute Gasteiger partial charge is 0.508 e. The molecule has 14 nitrogen and oxygen atoms in total. The smallest absolute Gasteiger partial charge is 0.326 e. The van der Waals surface area contributed by atoms with Gasteiger partial charge in [0.05, 0.1) is 34.2 Å². The van der Waals surface area contributed by atoms with Gasteiger partial charge in [0, 0.05) is 28.6 Å². The third kappa shape index (κ3) is 13.0. The summed E-state index contributed by atoms with van der Waals surface area (Å²) in [5, 5.41) is 16.0. The molecule has 2 saturated heterocycles. The Balaban J connectivity index is 0.000000199. The Bertz CT molecular complexity index is 2930. The summed E-state index contributed by atoms with van der Waals surface area (Å²) in [5.41, 5.74) is 5.08. The fourth-order valence-electron chi connectivity index (χ4n) is 11.8. The maximum absolute atomic E-state index is 13.4. The van der Waals surface area contributed by atoms with E-state index in [0.717, 1.165) is 83.9 Å². The van der Waals surface area contributed by atoms with E-state index >= 15 is 0 Å². The van der Waals surface area contributed by atoms with Crippen LogP contribution in [0.5, 0.6) is 11.5 Å². The van der Waals surface area contributed by atoms with Crippen LogP contribution in [0.3, 0.4) is 0 Å². The zero-order chi connectivity index (χ0) is 52.8. The lowest BCUT2D eigenvalue weighted by molar-refractivity contribution is -0.157. The molecule has 0 bridgehead atoms. The average molecular weight is 1040 g/mol. The summed E-state index contributed by atoms with van der Waals surface area (Å²) < 4.78 is 21.6. The van der Waals surface area contributed by atoms with Crippen LogP contribution in [0.1, 0.15) is 106 Å².